The van der Waals surface area contributed by atoms with Crippen molar-refractivity contribution in [2.75, 3.05) is 26.2 Å². The van der Waals surface area contributed by atoms with Crippen molar-refractivity contribution >= 4 is 23.7 Å². The van der Waals surface area contributed by atoms with Gasteiger partial charge >= 0.3 is 6.36 Å². The molecule has 1 aliphatic heterocycles. The third kappa shape index (κ3) is 4.86. The Morgan fingerprint density at radius 3 is 2.29 bits per heavy atom. The van der Waals surface area contributed by atoms with Gasteiger partial charge in [0, 0.05) is 31.1 Å². The summed E-state index contributed by atoms with van der Waals surface area (Å²) in [6, 6.07) is 10.3. The highest BCUT2D eigenvalue weighted by atomic mass is 35.5. The van der Waals surface area contributed by atoms with Gasteiger partial charge in [-0.1, -0.05) is 18.2 Å². The molecule has 1 N–H and O–H groups in total. The van der Waals surface area contributed by atoms with Crippen molar-refractivity contribution in [2.45, 2.75) is 12.4 Å². The fourth-order valence-corrected chi connectivity index (χ4v) is 3.68. The lowest BCUT2D eigenvalue weighted by Gasteiger charge is -2.34. The first-order valence-electron chi connectivity index (χ1n) is 7.37. The number of rotatable bonds is 4. The summed E-state index contributed by atoms with van der Waals surface area (Å²) >= 11 is 1.66. The van der Waals surface area contributed by atoms with Crippen LogP contribution in [0.2, 0.25) is 0 Å². The first-order chi connectivity index (χ1) is 11.0. The quantitative estimate of drug-likeness (QED) is 0.868. The van der Waals surface area contributed by atoms with Crippen molar-refractivity contribution in [1.82, 2.24) is 10.2 Å². The molecular formula is C16H18ClF3N2OS. The molecule has 0 aliphatic carbocycles. The van der Waals surface area contributed by atoms with Crippen LogP contribution in [0.5, 0.6) is 5.75 Å². The molecule has 1 aliphatic rings. The Kier molecular flexibility index (Phi) is 6.51. The summed E-state index contributed by atoms with van der Waals surface area (Å²) in [4.78, 5) is 3.54. The van der Waals surface area contributed by atoms with Crippen LogP contribution in [0.25, 0.3) is 0 Å². The highest BCUT2D eigenvalue weighted by molar-refractivity contribution is 7.10. The van der Waals surface area contributed by atoms with E-state index >= 15 is 0 Å². The van der Waals surface area contributed by atoms with Crippen LogP contribution in [0.1, 0.15) is 16.5 Å². The van der Waals surface area contributed by atoms with Crippen LogP contribution in [0.15, 0.2) is 41.8 Å². The Morgan fingerprint density at radius 1 is 1.08 bits per heavy atom. The van der Waals surface area contributed by atoms with E-state index in [1.807, 2.05) is 11.4 Å². The monoisotopic (exact) mass is 378 g/mol. The van der Waals surface area contributed by atoms with Crippen LogP contribution in [-0.2, 0) is 0 Å². The van der Waals surface area contributed by atoms with Gasteiger partial charge in [-0.3, -0.25) is 4.90 Å². The summed E-state index contributed by atoms with van der Waals surface area (Å²) in [5.41, 5.74) is 0.976. The molecule has 0 radical (unpaired) electrons. The highest BCUT2D eigenvalue weighted by Crippen LogP contribution is 2.33. The molecule has 2 heterocycles. The predicted molar refractivity (Wildman–Crippen MR) is 91.0 cm³/mol. The van der Waals surface area contributed by atoms with Crippen LogP contribution >= 0.6 is 23.7 Å². The number of thiophene rings is 1. The Balaban J connectivity index is 0.00000208. The lowest BCUT2D eigenvalue weighted by Crippen LogP contribution is -2.45. The third-order valence-corrected chi connectivity index (χ3v) is 4.68. The number of hydrogen-bond donors (Lipinski definition) is 1. The maximum atomic E-state index is 12.3. The molecule has 1 saturated heterocycles. The summed E-state index contributed by atoms with van der Waals surface area (Å²) in [6.07, 6.45) is -4.66. The molecule has 0 unspecified atom stereocenters. The summed E-state index contributed by atoms with van der Waals surface area (Å²) in [5, 5.41) is 5.34. The van der Waals surface area contributed by atoms with Crippen LogP contribution in [-0.4, -0.2) is 37.4 Å². The normalized spacial score (nSPS) is 17.1. The second-order valence-electron chi connectivity index (χ2n) is 5.32. The molecule has 0 amide bonds. The molecule has 1 atom stereocenters. The average Bonchev–Trinajstić information content (AvgIpc) is 3.03. The van der Waals surface area contributed by atoms with Crippen LogP contribution in [0.4, 0.5) is 13.2 Å². The van der Waals surface area contributed by atoms with E-state index in [2.05, 4.69) is 21.0 Å². The molecule has 3 rings (SSSR count). The summed E-state index contributed by atoms with van der Waals surface area (Å²) in [5.74, 6) is -0.188. The predicted octanol–water partition coefficient (Wildman–Crippen LogP) is 4.06. The van der Waals surface area contributed by atoms with Crippen LogP contribution in [0.3, 0.4) is 0 Å². The van der Waals surface area contributed by atoms with Crippen LogP contribution < -0.4 is 10.1 Å². The number of alkyl halides is 3. The van der Waals surface area contributed by atoms with Crippen molar-refractivity contribution in [2.24, 2.45) is 0 Å². The van der Waals surface area contributed by atoms with Crippen molar-refractivity contribution in [3.05, 3.63) is 52.2 Å². The molecular weight excluding hydrogens is 361 g/mol. The molecule has 1 aromatic carbocycles. The van der Waals surface area contributed by atoms with Gasteiger partial charge in [0.25, 0.3) is 0 Å². The van der Waals surface area contributed by atoms with Crippen molar-refractivity contribution in [3.8, 4) is 5.75 Å². The number of ether oxygens (including phenoxy) is 1. The SMILES string of the molecule is Cl.FC(F)(F)Oc1ccc([C@@H](c2cccs2)N2CCNCC2)cc1. The van der Waals surface area contributed by atoms with Crippen molar-refractivity contribution in [3.63, 3.8) is 0 Å². The topological polar surface area (TPSA) is 24.5 Å². The molecule has 24 heavy (non-hydrogen) atoms. The minimum Gasteiger partial charge on any atom is -0.406 e. The standard InChI is InChI=1S/C16H17F3N2OS.ClH/c17-16(18,19)22-13-5-3-12(4-6-13)15(14-2-1-11-23-14)21-9-7-20-8-10-21;/h1-6,11,15,20H,7-10H2;1H/t15-;/m0./s1. The van der Waals surface area contributed by atoms with Crippen molar-refractivity contribution in [1.29, 1.82) is 0 Å². The molecule has 132 valence electrons. The Hall–Kier alpha value is -1.28. The van der Waals surface area contributed by atoms with E-state index in [1.165, 1.54) is 17.0 Å². The van der Waals surface area contributed by atoms with E-state index in [4.69, 9.17) is 0 Å². The van der Waals surface area contributed by atoms with E-state index in [9.17, 15) is 13.2 Å². The first kappa shape index (κ1) is 19.1. The van der Waals surface area contributed by atoms with E-state index < -0.39 is 6.36 Å². The molecule has 3 nitrogen and oxygen atoms in total. The molecule has 0 spiro atoms. The maximum Gasteiger partial charge on any atom is 0.573 e. The summed E-state index contributed by atoms with van der Waals surface area (Å²) < 4.78 is 40.8. The Morgan fingerprint density at radius 2 is 1.75 bits per heavy atom. The number of halogens is 4. The Bertz CT molecular complexity index is 613. The van der Waals surface area contributed by atoms with Crippen molar-refractivity contribution < 1.29 is 17.9 Å². The molecule has 0 bridgehead atoms. The maximum absolute atomic E-state index is 12.3. The largest absolute Gasteiger partial charge is 0.573 e. The van der Waals surface area contributed by atoms with Gasteiger partial charge in [-0.05, 0) is 29.1 Å². The van der Waals surface area contributed by atoms with Gasteiger partial charge in [0.2, 0.25) is 0 Å². The highest BCUT2D eigenvalue weighted by Gasteiger charge is 2.31. The van der Waals surface area contributed by atoms with E-state index in [1.54, 1.807) is 23.5 Å². The number of hydrogen-bond acceptors (Lipinski definition) is 4. The molecule has 1 fully saturated rings. The summed E-state index contributed by atoms with van der Waals surface area (Å²) in [7, 11) is 0. The van der Waals surface area contributed by atoms with Gasteiger partial charge in [0.15, 0.2) is 0 Å². The first-order valence-corrected chi connectivity index (χ1v) is 8.25. The zero-order valence-electron chi connectivity index (χ0n) is 12.8. The van der Waals surface area contributed by atoms with Gasteiger partial charge in [0.05, 0.1) is 6.04 Å². The van der Waals surface area contributed by atoms with E-state index in [0.29, 0.717) is 0 Å². The minimum absolute atomic E-state index is 0. The van der Waals surface area contributed by atoms with Gasteiger partial charge in [-0.2, -0.15) is 0 Å². The zero-order valence-corrected chi connectivity index (χ0v) is 14.4. The second-order valence-corrected chi connectivity index (χ2v) is 6.30. The Labute approximate surface area is 148 Å². The molecule has 1 aromatic heterocycles. The van der Waals surface area contributed by atoms with Gasteiger partial charge in [-0.25, -0.2) is 0 Å². The smallest absolute Gasteiger partial charge is 0.406 e. The lowest BCUT2D eigenvalue weighted by atomic mass is 10.0. The minimum atomic E-state index is -4.66. The van der Waals surface area contributed by atoms with E-state index in [0.717, 1.165) is 31.7 Å². The summed E-state index contributed by atoms with van der Waals surface area (Å²) in [6.45, 7) is 3.64. The number of benzene rings is 1. The number of piperazine rings is 1. The molecule has 0 saturated carbocycles. The second kappa shape index (κ2) is 8.20. The number of nitrogens with zero attached hydrogens (tertiary/aromatic N) is 1. The van der Waals surface area contributed by atoms with Gasteiger partial charge in [-0.15, -0.1) is 36.9 Å². The average molecular weight is 379 g/mol. The third-order valence-electron chi connectivity index (χ3n) is 3.76. The zero-order chi connectivity index (χ0) is 16.3. The molecule has 8 heteroatoms. The van der Waals surface area contributed by atoms with Gasteiger partial charge in [0.1, 0.15) is 5.75 Å². The lowest BCUT2D eigenvalue weighted by molar-refractivity contribution is -0.274. The fourth-order valence-electron chi connectivity index (χ4n) is 2.79. The van der Waals surface area contributed by atoms with Gasteiger partial charge < -0.3 is 10.1 Å². The van der Waals surface area contributed by atoms with Crippen LogP contribution in [0, 0.1) is 0 Å². The fraction of sp³-hybridized carbons (Fsp3) is 0.375. The van der Waals surface area contributed by atoms with E-state index in [-0.39, 0.29) is 24.2 Å². The number of nitrogens with one attached hydrogen (secondary N) is 1. The molecule has 2 aromatic rings.